The molecule has 0 bridgehead atoms. The molecule has 200 valence electrons. The van der Waals surface area contributed by atoms with E-state index in [9.17, 15) is 14.4 Å². The van der Waals surface area contributed by atoms with Gasteiger partial charge in [0.1, 0.15) is 29.6 Å². The Bertz CT molecular complexity index is 1220. The number of unbranched alkanes of at least 4 members (excludes halogenated alkanes) is 1. The Balaban J connectivity index is 1.56. The number of amides is 3. The van der Waals surface area contributed by atoms with Crippen LogP contribution in [0.4, 0.5) is 0 Å². The summed E-state index contributed by atoms with van der Waals surface area (Å²) in [4.78, 5) is 44.3. The summed E-state index contributed by atoms with van der Waals surface area (Å²) in [6, 6.07) is 11.6. The summed E-state index contributed by atoms with van der Waals surface area (Å²) >= 11 is 6.24. The van der Waals surface area contributed by atoms with Crippen molar-refractivity contribution in [2.75, 3.05) is 13.7 Å². The second-order valence-electron chi connectivity index (χ2n) is 8.39. The summed E-state index contributed by atoms with van der Waals surface area (Å²) in [5.74, 6) is 0.843. The van der Waals surface area contributed by atoms with Gasteiger partial charge in [-0.1, -0.05) is 23.7 Å². The van der Waals surface area contributed by atoms with Crippen LogP contribution in [0.5, 0.6) is 17.2 Å². The van der Waals surface area contributed by atoms with Crippen LogP contribution in [0.25, 0.3) is 0 Å². The van der Waals surface area contributed by atoms with Gasteiger partial charge in [-0.2, -0.15) is 0 Å². The smallest absolute Gasteiger partial charge is 0.255 e. The van der Waals surface area contributed by atoms with Crippen LogP contribution in [0.2, 0.25) is 5.02 Å². The second-order valence-corrected chi connectivity index (χ2v) is 8.80. The van der Waals surface area contributed by atoms with Crippen molar-refractivity contribution in [3.63, 3.8) is 0 Å². The maximum atomic E-state index is 13.0. The lowest BCUT2D eigenvalue weighted by molar-refractivity contribution is -0.123. The number of nitrogens with zero attached hydrogens (tertiary/aromatic N) is 2. The fraction of sp³-hybridized carbons (Fsp3) is 0.296. The van der Waals surface area contributed by atoms with E-state index in [4.69, 9.17) is 21.1 Å². The summed E-state index contributed by atoms with van der Waals surface area (Å²) < 4.78 is 11.0. The topological polar surface area (TPSA) is 132 Å². The van der Waals surface area contributed by atoms with Gasteiger partial charge in [0.15, 0.2) is 0 Å². The fourth-order valence-corrected chi connectivity index (χ4v) is 3.68. The van der Waals surface area contributed by atoms with Crippen molar-refractivity contribution < 1.29 is 23.9 Å². The zero-order chi connectivity index (χ0) is 27.3. The third kappa shape index (κ3) is 9.04. The number of hydrogen-bond donors (Lipinski definition) is 3. The van der Waals surface area contributed by atoms with Crippen LogP contribution in [0.1, 0.15) is 42.1 Å². The zero-order valence-corrected chi connectivity index (χ0v) is 22.0. The molecule has 0 spiro atoms. The van der Waals surface area contributed by atoms with Gasteiger partial charge in [0.25, 0.3) is 5.91 Å². The molecule has 0 saturated heterocycles. The van der Waals surface area contributed by atoms with Crippen LogP contribution in [0.15, 0.2) is 61.2 Å². The number of hydrogen-bond acceptors (Lipinski definition) is 7. The molecule has 1 heterocycles. The van der Waals surface area contributed by atoms with Gasteiger partial charge in [0, 0.05) is 38.5 Å². The van der Waals surface area contributed by atoms with Gasteiger partial charge in [-0.05, 0) is 49.1 Å². The lowest BCUT2D eigenvalue weighted by Gasteiger charge is -2.19. The van der Waals surface area contributed by atoms with E-state index in [1.807, 2.05) is 12.1 Å². The molecule has 0 aliphatic heterocycles. The van der Waals surface area contributed by atoms with Crippen molar-refractivity contribution in [1.29, 1.82) is 0 Å². The number of rotatable bonds is 13. The molecule has 0 saturated carbocycles. The highest BCUT2D eigenvalue weighted by Crippen LogP contribution is 2.32. The van der Waals surface area contributed by atoms with E-state index in [0.29, 0.717) is 48.1 Å². The Morgan fingerprint density at radius 2 is 1.68 bits per heavy atom. The molecule has 10 nitrogen and oxygen atoms in total. The van der Waals surface area contributed by atoms with Crippen LogP contribution in [0.3, 0.4) is 0 Å². The molecule has 2 aromatic carbocycles. The predicted octanol–water partition coefficient (Wildman–Crippen LogP) is 3.65. The number of benzene rings is 2. The molecule has 0 aliphatic rings. The molecule has 11 heteroatoms. The van der Waals surface area contributed by atoms with Gasteiger partial charge in [-0.25, -0.2) is 9.97 Å². The van der Waals surface area contributed by atoms with Crippen LogP contribution >= 0.6 is 11.6 Å². The molecule has 0 fully saturated rings. The minimum atomic E-state index is -0.764. The Hall–Kier alpha value is -4.18. The van der Waals surface area contributed by atoms with E-state index in [1.165, 1.54) is 25.6 Å². The number of ether oxygens (including phenoxy) is 2. The first-order chi connectivity index (χ1) is 18.4. The third-order valence-corrected chi connectivity index (χ3v) is 5.79. The second kappa shape index (κ2) is 14.5. The van der Waals surface area contributed by atoms with E-state index in [0.717, 1.165) is 5.56 Å². The van der Waals surface area contributed by atoms with E-state index >= 15 is 0 Å². The molecule has 3 aromatic rings. The van der Waals surface area contributed by atoms with Gasteiger partial charge >= 0.3 is 0 Å². The number of nitrogens with one attached hydrogen (secondary N) is 3. The highest BCUT2D eigenvalue weighted by Gasteiger charge is 2.21. The maximum absolute atomic E-state index is 13.0. The first-order valence-corrected chi connectivity index (χ1v) is 12.4. The number of methoxy groups -OCH3 is 1. The van der Waals surface area contributed by atoms with Gasteiger partial charge in [0.2, 0.25) is 11.8 Å². The molecular formula is C27H30ClN5O5. The first kappa shape index (κ1) is 28.4. The van der Waals surface area contributed by atoms with Crippen LogP contribution in [0, 0.1) is 0 Å². The van der Waals surface area contributed by atoms with Gasteiger partial charge in [-0.3, -0.25) is 14.4 Å². The molecule has 1 unspecified atom stereocenters. The lowest BCUT2D eigenvalue weighted by atomic mass is 10.1. The van der Waals surface area contributed by atoms with E-state index < -0.39 is 11.9 Å². The van der Waals surface area contributed by atoms with Crippen LogP contribution < -0.4 is 25.4 Å². The fourth-order valence-electron chi connectivity index (χ4n) is 3.47. The number of aromatic nitrogens is 2. The molecule has 0 aliphatic carbocycles. The van der Waals surface area contributed by atoms with E-state index in [1.54, 1.807) is 37.4 Å². The van der Waals surface area contributed by atoms with E-state index in [2.05, 4.69) is 25.9 Å². The molecule has 3 N–H and O–H groups in total. The number of halogens is 1. The summed E-state index contributed by atoms with van der Waals surface area (Å²) in [5.41, 5.74) is 1.11. The summed E-state index contributed by atoms with van der Waals surface area (Å²) in [7, 11) is 1.56. The molecule has 0 radical (unpaired) electrons. The van der Waals surface area contributed by atoms with Crippen molar-refractivity contribution >= 4 is 29.3 Å². The van der Waals surface area contributed by atoms with Crippen molar-refractivity contribution in [3.8, 4) is 17.2 Å². The maximum Gasteiger partial charge on any atom is 0.255 e. The van der Waals surface area contributed by atoms with E-state index in [-0.39, 0.29) is 23.9 Å². The minimum Gasteiger partial charge on any atom is -0.497 e. The summed E-state index contributed by atoms with van der Waals surface area (Å²) in [6.45, 7) is 2.21. The highest BCUT2D eigenvalue weighted by atomic mass is 35.5. The monoisotopic (exact) mass is 539 g/mol. The van der Waals surface area contributed by atoms with Gasteiger partial charge in [-0.15, -0.1) is 0 Å². The minimum absolute atomic E-state index is 0.111. The summed E-state index contributed by atoms with van der Waals surface area (Å²) in [5, 5.41) is 8.78. The van der Waals surface area contributed by atoms with Gasteiger partial charge in [0.05, 0.1) is 17.7 Å². The number of carbonyl (C=O) groups is 3. The number of carbonyl (C=O) groups excluding carboxylic acids is 3. The average molecular weight is 540 g/mol. The normalized spacial score (nSPS) is 11.2. The van der Waals surface area contributed by atoms with Crippen molar-refractivity contribution in [2.45, 2.75) is 38.8 Å². The molecular weight excluding hydrogens is 510 g/mol. The largest absolute Gasteiger partial charge is 0.497 e. The summed E-state index contributed by atoms with van der Waals surface area (Å²) in [6.07, 6.45) is 5.80. The standard InChI is InChI=1S/C27H30ClN5O5/c1-18(34)31-12-4-3-5-24(33-26(35)20-15-29-17-30-16-20)27(36)32-14-19-6-8-21(9-7-19)38-25-11-10-22(37-2)13-23(25)28/h6-11,13,15-17,24H,3-5,12,14H2,1-2H3,(H,31,34)(H,32,36)(H,33,35). The Labute approximate surface area is 226 Å². The quantitative estimate of drug-likeness (QED) is 0.282. The van der Waals surface area contributed by atoms with Crippen LogP contribution in [-0.4, -0.2) is 47.4 Å². The van der Waals surface area contributed by atoms with Crippen molar-refractivity contribution in [3.05, 3.63) is 77.3 Å². The predicted molar refractivity (Wildman–Crippen MR) is 142 cm³/mol. The molecule has 1 atom stereocenters. The zero-order valence-electron chi connectivity index (χ0n) is 21.2. The van der Waals surface area contributed by atoms with Crippen molar-refractivity contribution in [2.24, 2.45) is 0 Å². The van der Waals surface area contributed by atoms with Crippen molar-refractivity contribution in [1.82, 2.24) is 25.9 Å². The Morgan fingerprint density at radius 3 is 2.34 bits per heavy atom. The first-order valence-electron chi connectivity index (χ1n) is 12.0. The SMILES string of the molecule is COc1ccc(Oc2ccc(CNC(=O)C(CCCCNC(C)=O)NC(=O)c3cncnc3)cc2)c(Cl)c1. The Morgan fingerprint density at radius 1 is 0.974 bits per heavy atom. The molecule has 1 aromatic heterocycles. The third-order valence-electron chi connectivity index (χ3n) is 5.50. The lowest BCUT2D eigenvalue weighted by Crippen LogP contribution is -2.46. The molecule has 38 heavy (non-hydrogen) atoms. The molecule has 3 amide bonds. The highest BCUT2D eigenvalue weighted by molar-refractivity contribution is 6.32. The van der Waals surface area contributed by atoms with Crippen LogP contribution in [-0.2, 0) is 16.1 Å². The molecule has 3 rings (SSSR count). The van der Waals surface area contributed by atoms with Gasteiger partial charge < -0.3 is 25.4 Å². The average Bonchev–Trinajstić information content (AvgIpc) is 2.93. The Kier molecular flexibility index (Phi) is 10.9.